The lowest BCUT2D eigenvalue weighted by atomic mass is 9.90. The first-order chi connectivity index (χ1) is 8.58. The van der Waals surface area contributed by atoms with E-state index in [1.165, 1.54) is 0 Å². The number of benzene rings is 1. The summed E-state index contributed by atoms with van der Waals surface area (Å²) in [6.45, 7) is 9.39. The van der Waals surface area contributed by atoms with E-state index in [0.29, 0.717) is 12.2 Å². The molecule has 0 saturated carbocycles. The third kappa shape index (κ3) is 1.87. The summed E-state index contributed by atoms with van der Waals surface area (Å²) in [4.78, 5) is 0. The molecule has 18 heavy (non-hydrogen) atoms. The number of hydrogen-bond donors (Lipinski definition) is 1. The van der Waals surface area contributed by atoms with Crippen LogP contribution in [-0.2, 0) is 6.42 Å². The van der Waals surface area contributed by atoms with Crippen molar-refractivity contribution in [1.82, 2.24) is 0 Å². The van der Waals surface area contributed by atoms with Gasteiger partial charge in [-0.1, -0.05) is 25.3 Å². The van der Waals surface area contributed by atoms with Gasteiger partial charge in [-0.05, 0) is 29.7 Å². The molecule has 2 rings (SSSR count). The zero-order valence-corrected chi connectivity index (χ0v) is 10.7. The zero-order chi connectivity index (χ0) is 13.3. The molecule has 0 saturated heterocycles. The summed E-state index contributed by atoms with van der Waals surface area (Å²) in [6, 6.07) is 1.94. The number of methoxy groups -OCH3 is 1. The Balaban J connectivity index is 2.72. The number of ether oxygens (including phenoxy) is 1. The van der Waals surface area contributed by atoms with Gasteiger partial charge in [-0.15, -0.1) is 5.73 Å². The lowest BCUT2D eigenvalue weighted by molar-refractivity contribution is 0.369. The molecule has 0 bridgehead atoms. The Morgan fingerprint density at radius 2 is 2.17 bits per heavy atom. The van der Waals surface area contributed by atoms with Crippen molar-refractivity contribution in [1.29, 1.82) is 0 Å². The van der Waals surface area contributed by atoms with E-state index in [2.05, 4.69) is 18.9 Å². The number of hydrogen-bond acceptors (Lipinski definition) is 2. The van der Waals surface area contributed by atoms with E-state index >= 15 is 0 Å². The number of fused-ring (bicyclic) bond motifs is 1. The van der Waals surface area contributed by atoms with Crippen LogP contribution in [0.25, 0.3) is 11.6 Å². The average molecular weight is 240 g/mol. The van der Waals surface area contributed by atoms with Crippen LogP contribution in [0.5, 0.6) is 11.5 Å². The van der Waals surface area contributed by atoms with E-state index in [4.69, 9.17) is 4.74 Å². The van der Waals surface area contributed by atoms with Gasteiger partial charge in [0.05, 0.1) is 7.11 Å². The van der Waals surface area contributed by atoms with E-state index in [-0.39, 0.29) is 5.75 Å². The lowest BCUT2D eigenvalue weighted by Gasteiger charge is -2.19. The molecular formula is C16H16O2. The Morgan fingerprint density at radius 1 is 1.44 bits per heavy atom. The fourth-order valence-electron chi connectivity index (χ4n) is 2.14. The maximum atomic E-state index is 10.2. The molecule has 1 aromatic carbocycles. The smallest absolute Gasteiger partial charge is 0.165 e. The molecule has 0 amide bonds. The summed E-state index contributed by atoms with van der Waals surface area (Å²) in [5, 5.41) is 10.2. The van der Waals surface area contributed by atoms with Gasteiger partial charge in [0.2, 0.25) is 0 Å². The van der Waals surface area contributed by atoms with Crippen LogP contribution in [0.15, 0.2) is 36.6 Å². The van der Waals surface area contributed by atoms with Crippen molar-refractivity contribution in [2.45, 2.75) is 13.3 Å². The van der Waals surface area contributed by atoms with Crippen molar-refractivity contribution >= 4 is 11.6 Å². The normalized spacial score (nSPS) is 12.9. The predicted molar refractivity (Wildman–Crippen MR) is 74.8 cm³/mol. The fraction of sp³-hybridized carbons (Fsp3) is 0.188. The Labute approximate surface area is 107 Å². The second-order valence-electron chi connectivity index (χ2n) is 4.37. The highest BCUT2D eigenvalue weighted by molar-refractivity contribution is 5.77. The van der Waals surface area contributed by atoms with Crippen LogP contribution in [0, 0.1) is 0 Å². The highest BCUT2D eigenvalue weighted by Crippen LogP contribution is 2.41. The maximum Gasteiger partial charge on any atom is 0.165 e. The number of phenols is 1. The minimum Gasteiger partial charge on any atom is -0.504 e. The van der Waals surface area contributed by atoms with Crippen molar-refractivity contribution in [3.05, 3.63) is 53.3 Å². The molecule has 1 aliphatic carbocycles. The van der Waals surface area contributed by atoms with Crippen LogP contribution in [0.1, 0.15) is 23.6 Å². The third-order valence-electron chi connectivity index (χ3n) is 3.11. The van der Waals surface area contributed by atoms with Crippen LogP contribution < -0.4 is 4.74 Å². The molecule has 2 heteroatoms. The lowest BCUT2D eigenvalue weighted by Crippen LogP contribution is -2.02. The summed E-state index contributed by atoms with van der Waals surface area (Å²) in [5.41, 5.74) is 7.41. The maximum absolute atomic E-state index is 10.2. The first kappa shape index (κ1) is 12.3. The molecule has 1 aliphatic rings. The van der Waals surface area contributed by atoms with E-state index in [0.717, 1.165) is 27.8 Å². The molecule has 1 N–H and O–H groups in total. The van der Waals surface area contributed by atoms with Gasteiger partial charge >= 0.3 is 0 Å². The van der Waals surface area contributed by atoms with Gasteiger partial charge in [-0.2, -0.15) is 0 Å². The summed E-state index contributed by atoms with van der Waals surface area (Å²) in [7, 11) is 1.56. The minimum atomic E-state index is 0.155. The second-order valence-corrected chi connectivity index (χ2v) is 4.37. The van der Waals surface area contributed by atoms with Gasteiger partial charge in [0.25, 0.3) is 0 Å². The molecule has 0 heterocycles. The molecular weight excluding hydrogens is 224 g/mol. The van der Waals surface area contributed by atoms with Gasteiger partial charge in [-0.25, -0.2) is 0 Å². The molecule has 0 fully saturated rings. The standard InChI is InChI=1S/C16H16O2/c1-5-11-6-7-12-9-13(10(2)3)15(17)16(18-4)14(12)8-11/h6-7,9,17H,1-2,8H2,3-4H3. The largest absolute Gasteiger partial charge is 0.504 e. The molecule has 1 aromatic rings. The topological polar surface area (TPSA) is 29.5 Å². The van der Waals surface area contributed by atoms with Gasteiger partial charge in [-0.3, -0.25) is 0 Å². The van der Waals surface area contributed by atoms with Crippen molar-refractivity contribution in [3.8, 4) is 11.5 Å². The monoisotopic (exact) mass is 240 g/mol. The van der Waals surface area contributed by atoms with Gasteiger partial charge in [0.15, 0.2) is 11.5 Å². The summed E-state index contributed by atoms with van der Waals surface area (Å²) in [6.07, 6.45) is 4.64. The number of allylic oxidation sites excluding steroid dienone is 3. The quantitative estimate of drug-likeness (QED) is 0.798. The minimum absolute atomic E-state index is 0.155. The van der Waals surface area contributed by atoms with Crippen LogP contribution in [0.3, 0.4) is 0 Å². The van der Waals surface area contributed by atoms with E-state index in [1.54, 1.807) is 7.11 Å². The molecule has 0 spiro atoms. The van der Waals surface area contributed by atoms with E-state index in [1.807, 2.05) is 25.1 Å². The molecule has 0 aliphatic heterocycles. The molecule has 0 atom stereocenters. The molecule has 0 aromatic heterocycles. The van der Waals surface area contributed by atoms with Crippen LogP contribution >= 0.6 is 0 Å². The van der Waals surface area contributed by atoms with E-state index in [9.17, 15) is 5.11 Å². The SMILES string of the molecule is C=C=C1C=Cc2cc(C(=C)C)c(O)c(OC)c2C1. The number of rotatable bonds is 2. The third-order valence-corrected chi connectivity index (χ3v) is 3.11. The van der Waals surface area contributed by atoms with Crippen molar-refractivity contribution in [2.75, 3.05) is 7.11 Å². The van der Waals surface area contributed by atoms with Crippen molar-refractivity contribution < 1.29 is 9.84 Å². The summed E-state index contributed by atoms with van der Waals surface area (Å²) < 4.78 is 5.34. The van der Waals surface area contributed by atoms with Crippen LogP contribution in [0.2, 0.25) is 0 Å². The van der Waals surface area contributed by atoms with E-state index < -0.39 is 0 Å². The molecule has 92 valence electrons. The van der Waals surface area contributed by atoms with Gasteiger partial charge in [0.1, 0.15) is 0 Å². The number of phenolic OH excluding ortho intramolecular Hbond substituents is 1. The zero-order valence-electron chi connectivity index (χ0n) is 10.7. The van der Waals surface area contributed by atoms with Crippen molar-refractivity contribution in [3.63, 3.8) is 0 Å². The van der Waals surface area contributed by atoms with Crippen molar-refractivity contribution in [2.24, 2.45) is 0 Å². The second kappa shape index (κ2) is 4.59. The average Bonchev–Trinajstić information content (AvgIpc) is 2.37. The van der Waals surface area contributed by atoms with Crippen LogP contribution in [-0.4, -0.2) is 12.2 Å². The Bertz CT molecular complexity index is 600. The summed E-state index contributed by atoms with van der Waals surface area (Å²) >= 11 is 0. The first-order valence-electron chi connectivity index (χ1n) is 5.74. The Kier molecular flexibility index (Phi) is 3.14. The predicted octanol–water partition coefficient (Wildman–Crippen LogP) is 3.71. The Hall–Kier alpha value is -2.18. The summed E-state index contributed by atoms with van der Waals surface area (Å²) in [5.74, 6) is 0.671. The van der Waals surface area contributed by atoms with Crippen LogP contribution in [0.4, 0.5) is 0 Å². The first-order valence-corrected chi connectivity index (χ1v) is 5.74. The highest BCUT2D eigenvalue weighted by atomic mass is 16.5. The molecule has 2 nitrogen and oxygen atoms in total. The molecule has 0 unspecified atom stereocenters. The van der Waals surface area contributed by atoms with Gasteiger partial charge in [0, 0.05) is 17.5 Å². The number of aromatic hydroxyl groups is 1. The molecule has 0 radical (unpaired) electrons. The van der Waals surface area contributed by atoms with Gasteiger partial charge < -0.3 is 9.84 Å². The highest BCUT2D eigenvalue weighted by Gasteiger charge is 2.20. The Morgan fingerprint density at radius 3 is 2.72 bits per heavy atom. The fourth-order valence-corrected chi connectivity index (χ4v) is 2.14.